The number of fused-ring (bicyclic) bond motifs is 3. The minimum absolute atomic E-state index is 0.0169. The molecule has 4 aromatic carbocycles. The van der Waals surface area contributed by atoms with Crippen LogP contribution in [0.2, 0.25) is 0 Å². The molecule has 0 fully saturated rings. The summed E-state index contributed by atoms with van der Waals surface area (Å²) in [5.74, 6) is 0.827. The first kappa shape index (κ1) is 20.5. The largest absolute Gasteiger partial charge is 0.494 e. The van der Waals surface area contributed by atoms with Crippen LogP contribution in [0.15, 0.2) is 91.0 Å². The van der Waals surface area contributed by atoms with Gasteiger partial charge in [0.05, 0.1) is 22.9 Å². The molecule has 0 amide bonds. The SMILES string of the molecule is CCOc1ccc2c3ccccc3n(-c3cccc(-c4ccc(P(=O)(O)O)cc4)c3)c2c1. The number of nitrogens with zero attached hydrogens (tertiary/aromatic N) is 1. The van der Waals surface area contributed by atoms with Crippen molar-refractivity contribution in [2.24, 2.45) is 0 Å². The molecule has 1 aromatic heterocycles. The van der Waals surface area contributed by atoms with Gasteiger partial charge in [-0.25, -0.2) is 0 Å². The van der Waals surface area contributed by atoms with Gasteiger partial charge in [-0.05, 0) is 60.5 Å². The van der Waals surface area contributed by atoms with Crippen molar-refractivity contribution >= 4 is 34.7 Å². The molecule has 5 rings (SSSR count). The van der Waals surface area contributed by atoms with Gasteiger partial charge in [0.15, 0.2) is 0 Å². The summed E-state index contributed by atoms with van der Waals surface area (Å²) in [4.78, 5) is 18.8. The maximum Gasteiger partial charge on any atom is 0.356 e. The van der Waals surface area contributed by atoms with Crippen molar-refractivity contribution in [3.63, 3.8) is 0 Å². The minimum atomic E-state index is -4.26. The van der Waals surface area contributed by atoms with Gasteiger partial charge in [0.2, 0.25) is 0 Å². The van der Waals surface area contributed by atoms with Crippen LogP contribution in [-0.2, 0) is 4.57 Å². The van der Waals surface area contributed by atoms with E-state index in [4.69, 9.17) is 4.74 Å². The average molecular weight is 443 g/mol. The summed E-state index contributed by atoms with van der Waals surface area (Å²) in [7, 11) is -4.26. The molecular formula is C26H22NO4P. The standard InChI is InChI=1S/C26H22NO4P/c1-2-31-21-12-15-24-23-8-3-4-9-25(23)27(26(24)17-21)20-7-5-6-19(16-20)18-10-13-22(14-11-18)32(28,29)30/h3-17H,2H2,1H3,(H2,28,29,30). The highest BCUT2D eigenvalue weighted by Gasteiger charge is 2.17. The maximum absolute atomic E-state index is 11.5. The molecular weight excluding hydrogens is 421 g/mol. The molecule has 0 atom stereocenters. The fourth-order valence-electron chi connectivity index (χ4n) is 4.16. The minimum Gasteiger partial charge on any atom is -0.494 e. The summed E-state index contributed by atoms with van der Waals surface area (Å²) >= 11 is 0. The first-order valence-electron chi connectivity index (χ1n) is 10.4. The Morgan fingerprint density at radius 2 is 1.53 bits per heavy atom. The molecule has 0 bridgehead atoms. The Morgan fingerprint density at radius 1 is 0.781 bits per heavy atom. The van der Waals surface area contributed by atoms with Gasteiger partial charge in [-0.3, -0.25) is 4.57 Å². The molecule has 0 spiro atoms. The smallest absolute Gasteiger partial charge is 0.356 e. The predicted molar refractivity (Wildman–Crippen MR) is 129 cm³/mol. The van der Waals surface area contributed by atoms with Crippen LogP contribution in [0.3, 0.4) is 0 Å². The molecule has 0 aliphatic rings. The second-order valence-corrected chi connectivity index (χ2v) is 9.21. The monoisotopic (exact) mass is 443 g/mol. The van der Waals surface area contributed by atoms with E-state index in [0.717, 1.165) is 39.0 Å². The quantitative estimate of drug-likeness (QED) is 0.344. The second kappa shape index (κ2) is 7.95. The molecule has 6 heteroatoms. The third kappa shape index (κ3) is 3.61. The summed E-state index contributed by atoms with van der Waals surface area (Å²) in [6, 6.07) is 29.1. The third-order valence-corrected chi connectivity index (χ3v) is 6.57. The zero-order valence-electron chi connectivity index (χ0n) is 17.5. The molecule has 1 heterocycles. The van der Waals surface area contributed by atoms with Crippen LogP contribution in [0.4, 0.5) is 0 Å². The van der Waals surface area contributed by atoms with E-state index in [1.165, 1.54) is 17.5 Å². The lowest BCUT2D eigenvalue weighted by atomic mass is 10.1. The molecule has 0 unspecified atom stereocenters. The number of para-hydroxylation sites is 1. The van der Waals surface area contributed by atoms with Crippen LogP contribution in [0, 0.1) is 0 Å². The van der Waals surface area contributed by atoms with Crippen LogP contribution in [0.1, 0.15) is 6.92 Å². The van der Waals surface area contributed by atoms with E-state index in [0.29, 0.717) is 6.61 Å². The maximum atomic E-state index is 11.5. The number of ether oxygens (including phenoxy) is 1. The van der Waals surface area contributed by atoms with E-state index in [1.54, 1.807) is 12.1 Å². The van der Waals surface area contributed by atoms with Gasteiger partial charge >= 0.3 is 7.60 Å². The lowest BCUT2D eigenvalue weighted by Gasteiger charge is -2.11. The van der Waals surface area contributed by atoms with Crippen molar-refractivity contribution in [3.05, 3.63) is 91.0 Å². The summed E-state index contributed by atoms with van der Waals surface area (Å²) < 4.78 is 19.5. The van der Waals surface area contributed by atoms with Crippen LogP contribution in [0.25, 0.3) is 38.6 Å². The Bertz CT molecular complexity index is 1480. The van der Waals surface area contributed by atoms with E-state index in [1.807, 2.05) is 37.3 Å². The highest BCUT2D eigenvalue weighted by atomic mass is 31.2. The molecule has 0 saturated carbocycles. The summed E-state index contributed by atoms with van der Waals surface area (Å²) in [6.07, 6.45) is 0. The number of hydrogen-bond acceptors (Lipinski definition) is 2. The lowest BCUT2D eigenvalue weighted by Crippen LogP contribution is -2.02. The Morgan fingerprint density at radius 3 is 2.28 bits per heavy atom. The highest BCUT2D eigenvalue weighted by Crippen LogP contribution is 2.36. The first-order valence-corrected chi connectivity index (χ1v) is 12.0. The van der Waals surface area contributed by atoms with Crippen LogP contribution in [-0.4, -0.2) is 21.0 Å². The lowest BCUT2D eigenvalue weighted by molar-refractivity contribution is 0.340. The van der Waals surface area contributed by atoms with Gasteiger partial charge in [-0.1, -0.05) is 42.5 Å². The topological polar surface area (TPSA) is 71.7 Å². The zero-order chi connectivity index (χ0) is 22.3. The van der Waals surface area contributed by atoms with Crippen LogP contribution in [0.5, 0.6) is 5.75 Å². The normalized spacial score (nSPS) is 11.8. The van der Waals surface area contributed by atoms with Gasteiger partial charge in [-0.15, -0.1) is 0 Å². The second-order valence-electron chi connectivity index (χ2n) is 7.61. The average Bonchev–Trinajstić information content (AvgIpc) is 3.12. The van der Waals surface area contributed by atoms with E-state index in [-0.39, 0.29) is 5.30 Å². The van der Waals surface area contributed by atoms with Gasteiger partial charge in [-0.2, -0.15) is 0 Å². The number of hydrogen-bond donors (Lipinski definition) is 2. The third-order valence-electron chi connectivity index (χ3n) is 5.60. The Kier molecular flexibility index (Phi) is 5.10. The van der Waals surface area contributed by atoms with Crippen molar-refractivity contribution in [1.82, 2.24) is 4.57 Å². The molecule has 160 valence electrons. The van der Waals surface area contributed by atoms with Crippen molar-refractivity contribution in [2.75, 3.05) is 6.61 Å². The van der Waals surface area contributed by atoms with E-state index in [2.05, 4.69) is 41.0 Å². The Labute approximate surface area is 185 Å². The molecule has 32 heavy (non-hydrogen) atoms. The molecule has 0 aliphatic carbocycles. The van der Waals surface area contributed by atoms with Gasteiger partial charge in [0.1, 0.15) is 5.75 Å². The fourth-order valence-corrected chi connectivity index (χ4v) is 4.70. The van der Waals surface area contributed by atoms with E-state index < -0.39 is 7.60 Å². The van der Waals surface area contributed by atoms with Gasteiger partial charge in [0.25, 0.3) is 0 Å². The van der Waals surface area contributed by atoms with Crippen molar-refractivity contribution in [1.29, 1.82) is 0 Å². The number of benzene rings is 4. The molecule has 2 N–H and O–H groups in total. The van der Waals surface area contributed by atoms with Gasteiger partial charge in [0, 0.05) is 22.5 Å². The summed E-state index contributed by atoms with van der Waals surface area (Å²) in [6.45, 7) is 2.58. The van der Waals surface area contributed by atoms with Crippen LogP contribution >= 0.6 is 7.60 Å². The Balaban J connectivity index is 1.69. The summed E-state index contributed by atoms with van der Waals surface area (Å²) in [5, 5.41) is 2.34. The van der Waals surface area contributed by atoms with Crippen molar-refractivity contribution < 1.29 is 19.1 Å². The zero-order valence-corrected chi connectivity index (χ0v) is 18.4. The molecule has 5 aromatic rings. The van der Waals surface area contributed by atoms with E-state index >= 15 is 0 Å². The van der Waals surface area contributed by atoms with Crippen molar-refractivity contribution in [2.45, 2.75) is 6.92 Å². The number of rotatable bonds is 5. The van der Waals surface area contributed by atoms with Gasteiger partial charge < -0.3 is 19.1 Å². The Hall–Kier alpha value is -3.37. The number of aromatic nitrogens is 1. The highest BCUT2D eigenvalue weighted by molar-refractivity contribution is 7.60. The first-order chi connectivity index (χ1) is 15.5. The van der Waals surface area contributed by atoms with E-state index in [9.17, 15) is 14.4 Å². The molecule has 5 nitrogen and oxygen atoms in total. The molecule has 0 aliphatic heterocycles. The predicted octanol–water partition coefficient (Wildman–Crippen LogP) is 5.65. The molecule has 0 radical (unpaired) electrons. The van der Waals surface area contributed by atoms with Crippen LogP contribution < -0.4 is 10.0 Å². The molecule has 0 saturated heterocycles. The van der Waals surface area contributed by atoms with Crippen molar-refractivity contribution in [3.8, 4) is 22.6 Å². The summed E-state index contributed by atoms with van der Waals surface area (Å²) in [5.41, 5.74) is 5.02. The fraction of sp³-hybridized carbons (Fsp3) is 0.0769.